The van der Waals surface area contributed by atoms with E-state index in [4.69, 9.17) is 11.6 Å². The smallest absolute Gasteiger partial charge is 0.251 e. The monoisotopic (exact) mass is 303 g/mol. The van der Waals surface area contributed by atoms with Crippen LogP contribution in [0.1, 0.15) is 35.8 Å². The largest absolute Gasteiger partial charge is 0.370 e. The van der Waals surface area contributed by atoms with Crippen molar-refractivity contribution in [2.24, 2.45) is 0 Å². The molecule has 0 fully saturated rings. The van der Waals surface area contributed by atoms with Crippen LogP contribution in [0.3, 0.4) is 0 Å². The molecule has 2 aromatic rings. The van der Waals surface area contributed by atoms with E-state index in [-0.39, 0.29) is 11.9 Å². The highest BCUT2D eigenvalue weighted by Crippen LogP contribution is 2.17. The molecule has 1 aromatic heterocycles. The fraction of sp³-hybridized carbons (Fsp3) is 0.250. The van der Waals surface area contributed by atoms with Gasteiger partial charge in [0.2, 0.25) is 0 Å². The SMILES string of the molecule is CCNc1cc(C(=O)NC(C)c2ccc(Cl)cc2)ccn1. The number of pyridine rings is 1. The molecule has 21 heavy (non-hydrogen) atoms. The van der Waals surface area contributed by atoms with E-state index in [1.165, 1.54) is 0 Å². The number of hydrogen-bond donors (Lipinski definition) is 2. The maximum Gasteiger partial charge on any atom is 0.251 e. The summed E-state index contributed by atoms with van der Waals surface area (Å²) < 4.78 is 0. The Balaban J connectivity index is 2.06. The van der Waals surface area contributed by atoms with Crippen molar-refractivity contribution < 1.29 is 4.79 Å². The summed E-state index contributed by atoms with van der Waals surface area (Å²) in [6.45, 7) is 4.68. The summed E-state index contributed by atoms with van der Waals surface area (Å²) in [6, 6.07) is 10.8. The van der Waals surface area contributed by atoms with Crippen LogP contribution in [-0.4, -0.2) is 17.4 Å². The van der Waals surface area contributed by atoms with Gasteiger partial charge in [0.1, 0.15) is 5.82 Å². The van der Waals surface area contributed by atoms with E-state index >= 15 is 0 Å². The van der Waals surface area contributed by atoms with Gasteiger partial charge in [-0.2, -0.15) is 0 Å². The van der Waals surface area contributed by atoms with E-state index in [0.717, 1.165) is 12.1 Å². The second kappa shape index (κ2) is 7.09. The molecule has 0 spiro atoms. The first kappa shape index (κ1) is 15.3. The number of benzene rings is 1. The van der Waals surface area contributed by atoms with Crippen molar-refractivity contribution in [3.8, 4) is 0 Å². The standard InChI is InChI=1S/C16H18ClN3O/c1-3-18-15-10-13(8-9-19-15)16(21)20-11(2)12-4-6-14(17)7-5-12/h4-11H,3H2,1-2H3,(H,18,19)(H,20,21). The fourth-order valence-electron chi connectivity index (χ4n) is 1.96. The molecule has 1 heterocycles. The van der Waals surface area contributed by atoms with E-state index in [0.29, 0.717) is 16.4 Å². The molecule has 1 amide bonds. The van der Waals surface area contributed by atoms with Crippen molar-refractivity contribution in [2.45, 2.75) is 19.9 Å². The predicted octanol–water partition coefficient (Wildman–Crippen LogP) is 3.66. The average Bonchev–Trinajstić information content (AvgIpc) is 2.48. The van der Waals surface area contributed by atoms with Crippen LogP contribution in [0.5, 0.6) is 0 Å². The van der Waals surface area contributed by atoms with Crippen LogP contribution >= 0.6 is 11.6 Å². The number of nitrogens with zero attached hydrogens (tertiary/aromatic N) is 1. The number of hydrogen-bond acceptors (Lipinski definition) is 3. The third-order valence-corrected chi connectivity index (χ3v) is 3.35. The van der Waals surface area contributed by atoms with Gasteiger partial charge in [0.05, 0.1) is 6.04 Å². The number of aromatic nitrogens is 1. The zero-order valence-electron chi connectivity index (χ0n) is 12.1. The Morgan fingerprint density at radius 1 is 1.29 bits per heavy atom. The van der Waals surface area contributed by atoms with Crippen molar-refractivity contribution >= 4 is 23.3 Å². The molecule has 0 bridgehead atoms. The van der Waals surface area contributed by atoms with Gasteiger partial charge in [-0.3, -0.25) is 4.79 Å². The third kappa shape index (κ3) is 4.20. The van der Waals surface area contributed by atoms with Gasteiger partial charge in [-0.25, -0.2) is 4.98 Å². The normalized spacial score (nSPS) is 11.8. The van der Waals surface area contributed by atoms with Gasteiger partial charge in [0.15, 0.2) is 0 Å². The summed E-state index contributed by atoms with van der Waals surface area (Å²) in [7, 11) is 0. The zero-order chi connectivity index (χ0) is 15.2. The van der Waals surface area contributed by atoms with Crippen molar-refractivity contribution in [1.82, 2.24) is 10.3 Å². The molecule has 0 aliphatic heterocycles. The maximum atomic E-state index is 12.3. The minimum absolute atomic E-state index is 0.0921. The Kier molecular flexibility index (Phi) is 5.17. The molecule has 0 saturated heterocycles. The van der Waals surface area contributed by atoms with E-state index in [9.17, 15) is 4.79 Å². The Morgan fingerprint density at radius 3 is 2.67 bits per heavy atom. The van der Waals surface area contributed by atoms with E-state index < -0.39 is 0 Å². The Hall–Kier alpha value is -2.07. The van der Waals surface area contributed by atoms with Crippen LogP contribution < -0.4 is 10.6 Å². The first-order chi connectivity index (χ1) is 10.1. The molecular formula is C16H18ClN3O. The highest BCUT2D eigenvalue weighted by Gasteiger charge is 2.12. The Morgan fingerprint density at radius 2 is 2.00 bits per heavy atom. The minimum atomic E-state index is -0.126. The van der Waals surface area contributed by atoms with Crippen molar-refractivity contribution in [1.29, 1.82) is 0 Å². The first-order valence-corrected chi connectivity index (χ1v) is 7.24. The van der Waals surface area contributed by atoms with Crippen LogP contribution in [0, 0.1) is 0 Å². The molecule has 0 aliphatic rings. The summed E-state index contributed by atoms with van der Waals surface area (Å²) in [5, 5.41) is 6.73. The molecule has 110 valence electrons. The van der Waals surface area contributed by atoms with Crippen LogP contribution in [0.25, 0.3) is 0 Å². The third-order valence-electron chi connectivity index (χ3n) is 3.10. The number of carbonyl (C=O) groups is 1. The summed E-state index contributed by atoms with van der Waals surface area (Å²) in [5.74, 6) is 0.572. The number of rotatable bonds is 5. The quantitative estimate of drug-likeness (QED) is 0.886. The second-order valence-corrected chi connectivity index (χ2v) is 5.14. The molecule has 0 saturated carbocycles. The summed E-state index contributed by atoms with van der Waals surface area (Å²) in [6.07, 6.45) is 1.62. The lowest BCUT2D eigenvalue weighted by Crippen LogP contribution is -2.26. The second-order valence-electron chi connectivity index (χ2n) is 4.71. The van der Waals surface area contributed by atoms with Gasteiger partial charge in [0, 0.05) is 23.3 Å². The fourth-order valence-corrected chi connectivity index (χ4v) is 2.09. The summed E-state index contributed by atoms with van der Waals surface area (Å²) in [5.41, 5.74) is 1.59. The Bertz CT molecular complexity index is 613. The van der Waals surface area contributed by atoms with Crippen LogP contribution in [0.2, 0.25) is 5.02 Å². The average molecular weight is 304 g/mol. The molecule has 5 heteroatoms. The molecule has 0 aliphatic carbocycles. The minimum Gasteiger partial charge on any atom is -0.370 e. The molecule has 2 N–H and O–H groups in total. The number of carbonyl (C=O) groups excluding carboxylic acids is 1. The molecule has 4 nitrogen and oxygen atoms in total. The number of anilines is 1. The number of nitrogens with one attached hydrogen (secondary N) is 2. The number of halogens is 1. The first-order valence-electron chi connectivity index (χ1n) is 6.86. The zero-order valence-corrected chi connectivity index (χ0v) is 12.8. The highest BCUT2D eigenvalue weighted by atomic mass is 35.5. The van der Waals surface area contributed by atoms with Gasteiger partial charge in [-0.05, 0) is 43.7 Å². The van der Waals surface area contributed by atoms with E-state index in [1.807, 2.05) is 38.1 Å². The molecule has 0 radical (unpaired) electrons. The molecule has 2 rings (SSSR count). The summed E-state index contributed by atoms with van der Waals surface area (Å²) in [4.78, 5) is 16.4. The maximum absolute atomic E-state index is 12.3. The molecular weight excluding hydrogens is 286 g/mol. The van der Waals surface area contributed by atoms with Gasteiger partial charge in [-0.15, -0.1) is 0 Å². The van der Waals surface area contributed by atoms with Gasteiger partial charge >= 0.3 is 0 Å². The topological polar surface area (TPSA) is 54.0 Å². The van der Waals surface area contributed by atoms with Crippen LogP contribution in [-0.2, 0) is 0 Å². The molecule has 1 atom stereocenters. The number of amides is 1. The van der Waals surface area contributed by atoms with Gasteiger partial charge < -0.3 is 10.6 Å². The van der Waals surface area contributed by atoms with Gasteiger partial charge in [0.25, 0.3) is 5.91 Å². The van der Waals surface area contributed by atoms with Crippen molar-refractivity contribution in [3.05, 3.63) is 58.7 Å². The lowest BCUT2D eigenvalue weighted by molar-refractivity contribution is 0.0940. The highest BCUT2D eigenvalue weighted by molar-refractivity contribution is 6.30. The lowest BCUT2D eigenvalue weighted by atomic mass is 10.1. The summed E-state index contributed by atoms with van der Waals surface area (Å²) >= 11 is 5.86. The van der Waals surface area contributed by atoms with Crippen LogP contribution in [0.15, 0.2) is 42.6 Å². The van der Waals surface area contributed by atoms with Crippen LogP contribution in [0.4, 0.5) is 5.82 Å². The van der Waals surface area contributed by atoms with Crippen molar-refractivity contribution in [2.75, 3.05) is 11.9 Å². The van der Waals surface area contributed by atoms with E-state index in [1.54, 1.807) is 18.3 Å². The lowest BCUT2D eigenvalue weighted by Gasteiger charge is -2.15. The van der Waals surface area contributed by atoms with Crippen molar-refractivity contribution in [3.63, 3.8) is 0 Å². The molecule has 1 unspecified atom stereocenters. The van der Waals surface area contributed by atoms with Gasteiger partial charge in [-0.1, -0.05) is 23.7 Å². The molecule has 1 aromatic carbocycles. The van der Waals surface area contributed by atoms with E-state index in [2.05, 4.69) is 15.6 Å². The predicted molar refractivity (Wildman–Crippen MR) is 85.7 cm³/mol. The Labute approximate surface area is 129 Å².